The summed E-state index contributed by atoms with van der Waals surface area (Å²) in [6.07, 6.45) is -0.137. The third kappa shape index (κ3) is 4.88. The van der Waals surface area contributed by atoms with Gasteiger partial charge >= 0.3 is 5.97 Å². The van der Waals surface area contributed by atoms with Crippen LogP contribution in [-0.2, 0) is 9.53 Å². The third-order valence-corrected chi connectivity index (χ3v) is 1.91. The first kappa shape index (κ1) is 12.4. The van der Waals surface area contributed by atoms with Crippen LogP contribution in [0.5, 0.6) is 0 Å². The first-order valence-electron chi connectivity index (χ1n) is 4.83. The third-order valence-electron chi connectivity index (χ3n) is 1.91. The van der Waals surface area contributed by atoms with Crippen LogP contribution in [0.1, 0.15) is 34.1 Å². The molecule has 78 valence electrons. The molecule has 3 heteroatoms. The molecule has 0 aliphatic heterocycles. The largest absolute Gasteiger partial charge is 0.464 e. The van der Waals surface area contributed by atoms with Gasteiger partial charge in [0.15, 0.2) is 6.10 Å². The maximum atomic E-state index is 11.1. The molecule has 0 fully saturated rings. The van der Waals surface area contributed by atoms with Crippen LogP contribution in [0, 0.1) is 11.8 Å². The minimum atomic E-state index is -0.970. The number of rotatable bonds is 5. The normalized spacial score (nSPS) is 15.5. The zero-order valence-electron chi connectivity index (χ0n) is 8.91. The van der Waals surface area contributed by atoms with Gasteiger partial charge in [-0.3, -0.25) is 0 Å². The zero-order valence-corrected chi connectivity index (χ0v) is 8.91. The Morgan fingerprint density at radius 2 is 1.92 bits per heavy atom. The summed E-state index contributed by atoms with van der Waals surface area (Å²) in [4.78, 5) is 11.1. The summed E-state index contributed by atoms with van der Waals surface area (Å²) in [7, 11) is 0. The van der Waals surface area contributed by atoms with Crippen molar-refractivity contribution in [2.45, 2.75) is 40.2 Å². The van der Waals surface area contributed by atoms with Gasteiger partial charge < -0.3 is 9.84 Å². The standard InChI is InChI=1S/C10H20O3/c1-5-13-10(12)9(11)8(4)6-7(2)3/h7-9,11H,5-6H2,1-4H3. The Labute approximate surface area is 80.1 Å². The Morgan fingerprint density at radius 3 is 2.31 bits per heavy atom. The first-order valence-corrected chi connectivity index (χ1v) is 4.83. The Hall–Kier alpha value is -0.570. The van der Waals surface area contributed by atoms with E-state index in [-0.39, 0.29) is 5.92 Å². The SMILES string of the molecule is CCOC(=O)C(O)C(C)CC(C)C. The molecule has 0 heterocycles. The molecular formula is C10H20O3. The average molecular weight is 188 g/mol. The number of aliphatic hydroxyl groups excluding tert-OH is 1. The second kappa shape index (κ2) is 5.97. The topological polar surface area (TPSA) is 46.5 Å². The van der Waals surface area contributed by atoms with Crippen molar-refractivity contribution >= 4 is 5.97 Å². The van der Waals surface area contributed by atoms with Gasteiger partial charge in [0.25, 0.3) is 0 Å². The van der Waals surface area contributed by atoms with E-state index in [1.807, 2.05) is 6.92 Å². The molecule has 0 aliphatic carbocycles. The Bertz CT molecular complexity index is 154. The highest BCUT2D eigenvalue weighted by molar-refractivity contribution is 5.74. The fraction of sp³-hybridized carbons (Fsp3) is 0.900. The summed E-state index contributed by atoms with van der Waals surface area (Å²) in [5.41, 5.74) is 0. The van der Waals surface area contributed by atoms with E-state index < -0.39 is 12.1 Å². The van der Waals surface area contributed by atoms with Crippen molar-refractivity contribution in [3.63, 3.8) is 0 Å². The highest BCUT2D eigenvalue weighted by Gasteiger charge is 2.23. The molecule has 0 aromatic rings. The fourth-order valence-electron chi connectivity index (χ4n) is 1.33. The number of carbonyl (C=O) groups is 1. The minimum Gasteiger partial charge on any atom is -0.464 e. The van der Waals surface area contributed by atoms with Gasteiger partial charge in [-0.2, -0.15) is 0 Å². The summed E-state index contributed by atoms with van der Waals surface area (Å²) in [6.45, 7) is 8.05. The molecule has 0 bridgehead atoms. The maximum Gasteiger partial charge on any atom is 0.335 e. The van der Waals surface area contributed by atoms with Crippen LogP contribution in [0.3, 0.4) is 0 Å². The van der Waals surface area contributed by atoms with Crippen molar-refractivity contribution in [1.82, 2.24) is 0 Å². The van der Waals surface area contributed by atoms with E-state index in [4.69, 9.17) is 4.74 Å². The Kier molecular flexibility index (Phi) is 5.71. The van der Waals surface area contributed by atoms with Crippen molar-refractivity contribution in [2.24, 2.45) is 11.8 Å². The van der Waals surface area contributed by atoms with Crippen LogP contribution >= 0.6 is 0 Å². The molecule has 2 atom stereocenters. The highest BCUT2D eigenvalue weighted by Crippen LogP contribution is 2.15. The van der Waals surface area contributed by atoms with Crippen molar-refractivity contribution < 1.29 is 14.6 Å². The second-order valence-electron chi connectivity index (χ2n) is 3.80. The van der Waals surface area contributed by atoms with Gasteiger partial charge in [0.2, 0.25) is 0 Å². The van der Waals surface area contributed by atoms with Gasteiger partial charge in [-0.05, 0) is 25.2 Å². The lowest BCUT2D eigenvalue weighted by Crippen LogP contribution is -2.30. The first-order chi connectivity index (χ1) is 5.99. The summed E-state index contributed by atoms with van der Waals surface area (Å²) < 4.78 is 4.72. The van der Waals surface area contributed by atoms with E-state index in [2.05, 4.69) is 13.8 Å². The molecule has 3 nitrogen and oxygen atoms in total. The number of esters is 1. The number of carbonyl (C=O) groups excluding carboxylic acids is 1. The molecule has 0 radical (unpaired) electrons. The molecule has 0 aliphatic rings. The highest BCUT2D eigenvalue weighted by atomic mass is 16.5. The number of aliphatic hydroxyl groups is 1. The molecule has 0 aromatic carbocycles. The lowest BCUT2D eigenvalue weighted by atomic mass is 9.94. The lowest BCUT2D eigenvalue weighted by Gasteiger charge is -2.18. The van der Waals surface area contributed by atoms with Gasteiger partial charge in [-0.1, -0.05) is 20.8 Å². The predicted octanol–water partition coefficient (Wildman–Crippen LogP) is 1.59. The molecule has 13 heavy (non-hydrogen) atoms. The van der Waals surface area contributed by atoms with Gasteiger partial charge in [-0.25, -0.2) is 4.79 Å². The molecule has 0 aromatic heterocycles. The molecular weight excluding hydrogens is 168 g/mol. The van der Waals surface area contributed by atoms with E-state index in [0.29, 0.717) is 12.5 Å². The molecule has 0 rings (SSSR count). The van der Waals surface area contributed by atoms with E-state index in [1.165, 1.54) is 0 Å². The average Bonchev–Trinajstić information content (AvgIpc) is 2.02. The summed E-state index contributed by atoms with van der Waals surface area (Å²) in [5, 5.41) is 9.49. The van der Waals surface area contributed by atoms with Gasteiger partial charge in [0.05, 0.1) is 6.61 Å². The predicted molar refractivity (Wildman–Crippen MR) is 51.3 cm³/mol. The molecule has 2 unspecified atom stereocenters. The summed E-state index contributed by atoms with van der Waals surface area (Å²) in [5.74, 6) is -0.0474. The van der Waals surface area contributed by atoms with E-state index in [0.717, 1.165) is 6.42 Å². The van der Waals surface area contributed by atoms with Gasteiger partial charge in [0.1, 0.15) is 0 Å². The lowest BCUT2D eigenvalue weighted by molar-refractivity contribution is -0.156. The second-order valence-corrected chi connectivity index (χ2v) is 3.80. The van der Waals surface area contributed by atoms with Crippen LogP contribution in [0.25, 0.3) is 0 Å². The van der Waals surface area contributed by atoms with E-state index in [9.17, 15) is 9.90 Å². The molecule has 0 amide bonds. The molecule has 0 spiro atoms. The maximum absolute atomic E-state index is 11.1. The summed E-state index contributed by atoms with van der Waals surface area (Å²) >= 11 is 0. The van der Waals surface area contributed by atoms with Crippen LogP contribution in [0.4, 0.5) is 0 Å². The Morgan fingerprint density at radius 1 is 1.38 bits per heavy atom. The van der Waals surface area contributed by atoms with Gasteiger partial charge in [-0.15, -0.1) is 0 Å². The van der Waals surface area contributed by atoms with Crippen LogP contribution in [-0.4, -0.2) is 23.8 Å². The monoisotopic (exact) mass is 188 g/mol. The Balaban J connectivity index is 3.93. The smallest absolute Gasteiger partial charge is 0.335 e. The quantitative estimate of drug-likeness (QED) is 0.666. The van der Waals surface area contributed by atoms with Crippen molar-refractivity contribution in [2.75, 3.05) is 6.61 Å². The van der Waals surface area contributed by atoms with Gasteiger partial charge in [0, 0.05) is 0 Å². The van der Waals surface area contributed by atoms with Crippen molar-refractivity contribution in [3.8, 4) is 0 Å². The molecule has 0 saturated carbocycles. The minimum absolute atomic E-state index is 0.0287. The van der Waals surface area contributed by atoms with Crippen LogP contribution in [0.15, 0.2) is 0 Å². The number of hydrogen-bond donors (Lipinski definition) is 1. The van der Waals surface area contributed by atoms with Crippen LogP contribution < -0.4 is 0 Å². The van der Waals surface area contributed by atoms with E-state index >= 15 is 0 Å². The zero-order chi connectivity index (χ0) is 10.4. The van der Waals surface area contributed by atoms with Crippen LogP contribution in [0.2, 0.25) is 0 Å². The number of hydrogen-bond acceptors (Lipinski definition) is 3. The van der Waals surface area contributed by atoms with Crippen molar-refractivity contribution in [3.05, 3.63) is 0 Å². The van der Waals surface area contributed by atoms with Crippen molar-refractivity contribution in [1.29, 1.82) is 0 Å². The number of ether oxygens (including phenoxy) is 1. The molecule has 1 N–H and O–H groups in total. The summed E-state index contributed by atoms with van der Waals surface area (Å²) in [6, 6.07) is 0. The van der Waals surface area contributed by atoms with E-state index in [1.54, 1.807) is 6.92 Å². The molecule has 0 saturated heterocycles. The fourth-order valence-corrected chi connectivity index (χ4v) is 1.33.